The Hall–Kier alpha value is -2.83. The fraction of sp³-hybridized carbons (Fsp3) is 0.130. The minimum Gasteiger partial charge on any atom is -0.489 e. The molecule has 3 rings (SSSR count). The summed E-state index contributed by atoms with van der Waals surface area (Å²) in [4.78, 5) is 12.2. The van der Waals surface area contributed by atoms with E-state index < -0.39 is 6.10 Å². The zero-order chi connectivity index (χ0) is 21.3. The van der Waals surface area contributed by atoms with Crippen molar-refractivity contribution < 1.29 is 14.3 Å². The molecule has 7 heteroatoms. The number of hydrogen-bond donors (Lipinski definition) is 1. The largest absolute Gasteiger partial charge is 0.489 e. The van der Waals surface area contributed by atoms with Crippen molar-refractivity contribution in [3.8, 4) is 11.5 Å². The Kier molecular flexibility index (Phi) is 7.88. The van der Waals surface area contributed by atoms with Crippen LogP contribution in [0.4, 0.5) is 0 Å². The third-order valence-electron chi connectivity index (χ3n) is 4.02. The van der Waals surface area contributed by atoms with E-state index in [4.69, 9.17) is 21.1 Å². The van der Waals surface area contributed by atoms with Crippen molar-refractivity contribution >= 4 is 39.7 Å². The molecule has 0 fully saturated rings. The second-order valence-corrected chi connectivity index (χ2v) is 7.79. The predicted octanol–water partition coefficient (Wildman–Crippen LogP) is 5.60. The Balaban J connectivity index is 1.51. The van der Waals surface area contributed by atoms with E-state index in [-0.39, 0.29) is 5.91 Å². The number of carbonyl (C=O) groups excluding carboxylic acids is 1. The van der Waals surface area contributed by atoms with E-state index in [2.05, 4.69) is 26.5 Å². The minimum atomic E-state index is -0.722. The molecule has 0 unspecified atom stereocenters. The molecule has 0 aromatic heterocycles. The Morgan fingerprint density at radius 1 is 1.10 bits per heavy atom. The fourth-order valence-electron chi connectivity index (χ4n) is 2.54. The summed E-state index contributed by atoms with van der Waals surface area (Å²) in [5.41, 5.74) is 4.33. The van der Waals surface area contributed by atoms with Crippen LogP contribution in [0.25, 0.3) is 0 Å². The van der Waals surface area contributed by atoms with E-state index in [1.165, 1.54) is 0 Å². The zero-order valence-corrected chi connectivity index (χ0v) is 18.6. The van der Waals surface area contributed by atoms with Gasteiger partial charge in [-0.3, -0.25) is 4.79 Å². The Bertz CT molecular complexity index is 1040. The van der Waals surface area contributed by atoms with Gasteiger partial charge < -0.3 is 9.47 Å². The van der Waals surface area contributed by atoms with Crippen molar-refractivity contribution in [1.82, 2.24) is 5.43 Å². The van der Waals surface area contributed by atoms with E-state index >= 15 is 0 Å². The van der Waals surface area contributed by atoms with Crippen molar-refractivity contribution in [2.24, 2.45) is 5.10 Å². The first-order chi connectivity index (χ1) is 14.5. The topological polar surface area (TPSA) is 59.9 Å². The molecule has 1 N–H and O–H groups in total. The van der Waals surface area contributed by atoms with Crippen LogP contribution in [0.2, 0.25) is 5.02 Å². The Labute approximate surface area is 188 Å². The van der Waals surface area contributed by atoms with Crippen LogP contribution in [0.3, 0.4) is 0 Å². The molecule has 0 saturated carbocycles. The Morgan fingerprint density at radius 2 is 1.87 bits per heavy atom. The van der Waals surface area contributed by atoms with Gasteiger partial charge in [0.15, 0.2) is 6.10 Å². The molecule has 1 amide bonds. The molecule has 0 heterocycles. The number of rotatable bonds is 8. The first-order valence-corrected chi connectivity index (χ1v) is 10.4. The van der Waals surface area contributed by atoms with Crippen molar-refractivity contribution in [3.05, 3.63) is 93.4 Å². The zero-order valence-electron chi connectivity index (χ0n) is 16.2. The highest BCUT2D eigenvalue weighted by atomic mass is 79.9. The SMILES string of the molecule is C[C@H](Oc1cccc(Cl)c1)C(=O)N/N=C\c1cccc(OCc2cccc(Br)c2)c1. The lowest BCUT2D eigenvalue weighted by atomic mass is 10.2. The van der Waals surface area contributed by atoms with Crippen molar-refractivity contribution in [2.75, 3.05) is 0 Å². The summed E-state index contributed by atoms with van der Waals surface area (Å²) >= 11 is 9.37. The first-order valence-electron chi connectivity index (χ1n) is 9.22. The second-order valence-electron chi connectivity index (χ2n) is 6.44. The molecule has 0 aliphatic heterocycles. The van der Waals surface area contributed by atoms with Gasteiger partial charge in [-0.1, -0.05) is 57.9 Å². The molecule has 0 spiro atoms. The van der Waals surface area contributed by atoms with Crippen molar-refractivity contribution in [3.63, 3.8) is 0 Å². The lowest BCUT2D eigenvalue weighted by molar-refractivity contribution is -0.127. The summed E-state index contributed by atoms with van der Waals surface area (Å²) in [5.74, 6) is 0.862. The van der Waals surface area contributed by atoms with Crippen molar-refractivity contribution in [2.45, 2.75) is 19.6 Å². The molecule has 0 bridgehead atoms. The van der Waals surface area contributed by atoms with Gasteiger partial charge in [0.05, 0.1) is 6.21 Å². The van der Waals surface area contributed by atoms with E-state index in [1.54, 1.807) is 37.4 Å². The summed E-state index contributed by atoms with van der Waals surface area (Å²) in [6.07, 6.45) is 0.830. The highest BCUT2D eigenvalue weighted by Gasteiger charge is 2.13. The van der Waals surface area contributed by atoms with Crippen LogP contribution in [0.15, 0.2) is 82.4 Å². The van der Waals surface area contributed by atoms with Crippen molar-refractivity contribution in [1.29, 1.82) is 0 Å². The third-order valence-corrected chi connectivity index (χ3v) is 4.75. The summed E-state index contributed by atoms with van der Waals surface area (Å²) < 4.78 is 12.4. The van der Waals surface area contributed by atoms with Crippen LogP contribution in [0.1, 0.15) is 18.1 Å². The lowest BCUT2D eigenvalue weighted by Crippen LogP contribution is -2.33. The summed E-state index contributed by atoms with van der Waals surface area (Å²) in [5, 5.41) is 4.54. The van der Waals surface area contributed by atoms with Gasteiger partial charge in [0.1, 0.15) is 18.1 Å². The van der Waals surface area contributed by atoms with Crippen LogP contribution < -0.4 is 14.9 Å². The molecule has 3 aromatic rings. The third kappa shape index (κ3) is 6.90. The average molecular weight is 488 g/mol. The minimum absolute atomic E-state index is 0.367. The number of halogens is 2. The predicted molar refractivity (Wildman–Crippen MR) is 122 cm³/mol. The van der Waals surface area contributed by atoms with Gasteiger partial charge in [-0.05, 0) is 60.5 Å². The van der Waals surface area contributed by atoms with Gasteiger partial charge >= 0.3 is 0 Å². The molecule has 0 radical (unpaired) electrons. The van der Waals surface area contributed by atoms with Crippen LogP contribution in [0, 0.1) is 0 Å². The van der Waals surface area contributed by atoms with Crippen LogP contribution in [-0.2, 0) is 11.4 Å². The average Bonchev–Trinajstić information content (AvgIpc) is 2.72. The van der Waals surface area contributed by atoms with Gasteiger partial charge in [-0.15, -0.1) is 0 Å². The number of benzene rings is 3. The Morgan fingerprint density at radius 3 is 2.67 bits per heavy atom. The fourth-order valence-corrected chi connectivity index (χ4v) is 3.16. The van der Waals surface area contributed by atoms with Gasteiger partial charge in [-0.25, -0.2) is 5.43 Å². The summed E-state index contributed by atoms with van der Waals surface area (Å²) in [7, 11) is 0. The number of amides is 1. The number of nitrogens with one attached hydrogen (secondary N) is 1. The quantitative estimate of drug-likeness (QED) is 0.332. The summed E-state index contributed by atoms with van der Waals surface area (Å²) in [6, 6.07) is 22.3. The van der Waals surface area contributed by atoms with Crippen LogP contribution in [-0.4, -0.2) is 18.2 Å². The highest BCUT2D eigenvalue weighted by Crippen LogP contribution is 2.19. The number of nitrogens with zero attached hydrogens (tertiary/aromatic N) is 1. The lowest BCUT2D eigenvalue weighted by Gasteiger charge is -2.13. The maximum Gasteiger partial charge on any atom is 0.280 e. The molecule has 1 atom stereocenters. The first kappa shape index (κ1) is 21.9. The van der Waals surface area contributed by atoms with Gasteiger partial charge in [0, 0.05) is 9.50 Å². The van der Waals surface area contributed by atoms with Gasteiger partial charge in [0.25, 0.3) is 5.91 Å². The monoisotopic (exact) mass is 486 g/mol. The second kappa shape index (κ2) is 10.8. The maximum absolute atomic E-state index is 12.2. The molecule has 0 saturated heterocycles. The standard InChI is InChI=1S/C23H20BrClN2O3/c1-16(30-22-10-4-8-20(25)13-22)23(28)27-26-14-17-5-3-9-21(12-17)29-15-18-6-2-7-19(24)11-18/h2-14,16H,15H2,1H3,(H,27,28)/b26-14-/t16-/m0/s1. The molecule has 0 aliphatic carbocycles. The molecular weight excluding hydrogens is 468 g/mol. The number of carbonyl (C=O) groups is 1. The molecule has 5 nitrogen and oxygen atoms in total. The van der Waals surface area contributed by atoms with E-state index in [0.29, 0.717) is 23.1 Å². The van der Waals surface area contributed by atoms with Gasteiger partial charge in [0.2, 0.25) is 0 Å². The molecule has 30 heavy (non-hydrogen) atoms. The molecule has 154 valence electrons. The molecule has 3 aromatic carbocycles. The smallest absolute Gasteiger partial charge is 0.280 e. The number of ether oxygens (including phenoxy) is 2. The van der Waals surface area contributed by atoms with Crippen LogP contribution in [0.5, 0.6) is 11.5 Å². The normalized spacial score (nSPS) is 11.8. The molecule has 0 aliphatic rings. The number of hydrazone groups is 1. The van der Waals surface area contributed by atoms with Crippen LogP contribution >= 0.6 is 27.5 Å². The summed E-state index contributed by atoms with van der Waals surface area (Å²) in [6.45, 7) is 2.09. The van der Waals surface area contributed by atoms with E-state index in [1.807, 2.05) is 48.5 Å². The van der Waals surface area contributed by atoms with E-state index in [9.17, 15) is 4.79 Å². The maximum atomic E-state index is 12.2. The molecular formula is C23H20BrClN2O3. The van der Waals surface area contributed by atoms with E-state index in [0.717, 1.165) is 15.6 Å². The highest BCUT2D eigenvalue weighted by molar-refractivity contribution is 9.10. The number of hydrogen-bond acceptors (Lipinski definition) is 4. The van der Waals surface area contributed by atoms with Gasteiger partial charge in [-0.2, -0.15) is 5.10 Å².